The second-order valence-corrected chi connectivity index (χ2v) is 7.97. The summed E-state index contributed by atoms with van der Waals surface area (Å²) in [6.07, 6.45) is 0.00489. The number of anilines is 2. The summed E-state index contributed by atoms with van der Waals surface area (Å²) in [6.45, 7) is 2.07. The number of ether oxygens (including phenoxy) is 1. The lowest BCUT2D eigenvalue weighted by Crippen LogP contribution is -2.37. The normalized spacial score (nSPS) is 22.4. The van der Waals surface area contributed by atoms with Gasteiger partial charge in [0.15, 0.2) is 6.10 Å². The van der Waals surface area contributed by atoms with Crippen molar-refractivity contribution in [3.63, 3.8) is 0 Å². The van der Waals surface area contributed by atoms with E-state index in [0.717, 1.165) is 23.2 Å². The molecule has 162 valence electrons. The van der Waals surface area contributed by atoms with Crippen LogP contribution in [-0.2, 0) is 20.8 Å². The third kappa shape index (κ3) is 3.24. The third-order valence-electron chi connectivity index (χ3n) is 6.16. The summed E-state index contributed by atoms with van der Waals surface area (Å²) in [6, 6.07) is 24.2. The first-order valence-electron chi connectivity index (χ1n) is 10.7. The molecule has 0 unspecified atom stereocenters. The number of nitrogens with zero attached hydrogens (tertiary/aromatic N) is 2. The molecule has 6 nitrogen and oxygen atoms in total. The van der Waals surface area contributed by atoms with Crippen LogP contribution in [0.3, 0.4) is 0 Å². The van der Waals surface area contributed by atoms with E-state index in [2.05, 4.69) is 6.92 Å². The molecule has 0 bridgehead atoms. The highest BCUT2D eigenvalue weighted by Crippen LogP contribution is 2.47. The summed E-state index contributed by atoms with van der Waals surface area (Å²) in [5.74, 6) is -0.575. The second kappa shape index (κ2) is 8.13. The van der Waals surface area contributed by atoms with Gasteiger partial charge in [0.25, 0.3) is 5.91 Å². The molecule has 2 aliphatic heterocycles. The average Bonchev–Trinajstić information content (AvgIpc) is 3.36. The smallest absolute Gasteiger partial charge is 0.266 e. The molecule has 2 fully saturated rings. The number of aryl methyl sites for hydroxylation is 1. The number of fused-ring (bicyclic) bond motifs is 1. The number of hydrogen-bond donors (Lipinski definition) is 0. The molecule has 3 aromatic rings. The van der Waals surface area contributed by atoms with Gasteiger partial charge in [0, 0.05) is 0 Å². The van der Waals surface area contributed by atoms with Crippen LogP contribution < -0.4 is 14.7 Å². The van der Waals surface area contributed by atoms with Crippen molar-refractivity contribution in [3.8, 4) is 5.75 Å². The number of carbonyl (C=O) groups is 2. The molecule has 5 rings (SSSR count). The van der Waals surface area contributed by atoms with Gasteiger partial charge in [0.2, 0.25) is 5.91 Å². The predicted octanol–water partition coefficient (Wildman–Crippen LogP) is 4.31. The molecule has 0 N–H and O–H groups in total. The molecule has 0 aromatic heterocycles. The van der Waals surface area contributed by atoms with Gasteiger partial charge in [-0.3, -0.25) is 14.4 Å². The van der Waals surface area contributed by atoms with E-state index in [4.69, 9.17) is 9.57 Å². The Bertz CT molecular complexity index is 1150. The SMILES string of the molecule is CCc1ccc(N2C(=O)[C@@H]3[C@@H](ON(c4ccccc4)[C@H]3c3cccc(OC)c3)C2=O)cc1. The molecular formula is C26H24N2O4. The van der Waals surface area contributed by atoms with Gasteiger partial charge in [-0.1, -0.05) is 49.4 Å². The summed E-state index contributed by atoms with van der Waals surface area (Å²) in [5.41, 5.74) is 3.36. The maximum atomic E-state index is 13.6. The van der Waals surface area contributed by atoms with Crippen molar-refractivity contribution in [3.05, 3.63) is 90.0 Å². The fourth-order valence-electron chi connectivity index (χ4n) is 4.51. The molecule has 3 atom stereocenters. The minimum absolute atomic E-state index is 0.254. The van der Waals surface area contributed by atoms with E-state index < -0.39 is 18.1 Å². The Morgan fingerprint density at radius 3 is 2.31 bits per heavy atom. The molecule has 32 heavy (non-hydrogen) atoms. The highest BCUT2D eigenvalue weighted by Gasteiger charge is 2.60. The first-order valence-corrected chi connectivity index (χ1v) is 10.7. The van der Waals surface area contributed by atoms with E-state index in [9.17, 15) is 9.59 Å². The zero-order valence-electron chi connectivity index (χ0n) is 18.0. The highest BCUT2D eigenvalue weighted by atomic mass is 16.7. The van der Waals surface area contributed by atoms with E-state index in [1.807, 2.05) is 78.9 Å². The first kappa shape index (κ1) is 20.3. The van der Waals surface area contributed by atoms with Crippen LogP contribution in [0.25, 0.3) is 0 Å². The van der Waals surface area contributed by atoms with Crippen molar-refractivity contribution < 1.29 is 19.2 Å². The predicted molar refractivity (Wildman–Crippen MR) is 121 cm³/mol. The van der Waals surface area contributed by atoms with E-state index in [1.165, 1.54) is 4.90 Å². The van der Waals surface area contributed by atoms with Crippen molar-refractivity contribution in [1.29, 1.82) is 0 Å². The lowest BCUT2D eigenvalue weighted by Gasteiger charge is -2.29. The number of imide groups is 1. The molecule has 2 amide bonds. The fraction of sp³-hybridized carbons (Fsp3) is 0.231. The van der Waals surface area contributed by atoms with Gasteiger partial charge in [-0.2, -0.15) is 0 Å². The maximum absolute atomic E-state index is 13.6. The summed E-state index contributed by atoms with van der Waals surface area (Å²) in [5, 5.41) is 1.69. The standard InChI is InChI=1S/C26H24N2O4/c1-3-17-12-14-19(15-13-17)27-25(29)22-23(18-8-7-11-21(16-18)31-2)28(32-24(22)26(27)30)20-9-5-4-6-10-20/h4-16,22-24H,3H2,1-2H3/t22-,23-,24+/m0/s1. The van der Waals surface area contributed by atoms with Crippen molar-refractivity contribution in [2.45, 2.75) is 25.5 Å². The summed E-state index contributed by atoms with van der Waals surface area (Å²) < 4.78 is 5.41. The molecule has 0 spiro atoms. The number of hydrogen-bond acceptors (Lipinski definition) is 5. The van der Waals surface area contributed by atoms with Crippen molar-refractivity contribution in [2.24, 2.45) is 5.92 Å². The Labute approximate surface area is 186 Å². The third-order valence-corrected chi connectivity index (χ3v) is 6.16. The number of rotatable bonds is 5. The van der Waals surface area contributed by atoms with Crippen LogP contribution in [-0.4, -0.2) is 25.0 Å². The van der Waals surface area contributed by atoms with Crippen LogP contribution in [0, 0.1) is 5.92 Å². The Kier molecular flexibility index (Phi) is 5.15. The van der Waals surface area contributed by atoms with Gasteiger partial charge in [-0.25, -0.2) is 9.96 Å². The Morgan fingerprint density at radius 1 is 0.875 bits per heavy atom. The highest BCUT2D eigenvalue weighted by molar-refractivity contribution is 6.23. The molecule has 2 saturated heterocycles. The van der Waals surface area contributed by atoms with Crippen LogP contribution in [0.15, 0.2) is 78.9 Å². The van der Waals surface area contributed by atoms with Crippen molar-refractivity contribution in [2.75, 3.05) is 17.1 Å². The molecule has 3 aromatic carbocycles. The Hall–Kier alpha value is -3.64. The molecule has 2 aliphatic rings. The zero-order valence-corrected chi connectivity index (χ0v) is 18.0. The molecule has 2 heterocycles. The second-order valence-electron chi connectivity index (χ2n) is 7.97. The number of hydroxylamine groups is 1. The van der Waals surface area contributed by atoms with Crippen LogP contribution in [0.5, 0.6) is 5.75 Å². The molecule has 6 heteroatoms. The molecular weight excluding hydrogens is 404 g/mol. The molecule has 0 saturated carbocycles. The van der Waals surface area contributed by atoms with Crippen LogP contribution >= 0.6 is 0 Å². The quantitative estimate of drug-likeness (QED) is 0.567. The number of para-hydroxylation sites is 1. The summed E-state index contributed by atoms with van der Waals surface area (Å²) in [4.78, 5) is 34.4. The maximum Gasteiger partial charge on any atom is 0.266 e. The monoisotopic (exact) mass is 428 g/mol. The van der Waals surface area contributed by atoms with Crippen molar-refractivity contribution in [1.82, 2.24) is 0 Å². The Morgan fingerprint density at radius 2 is 1.62 bits per heavy atom. The van der Waals surface area contributed by atoms with Crippen LogP contribution in [0.4, 0.5) is 11.4 Å². The van der Waals surface area contributed by atoms with Gasteiger partial charge < -0.3 is 4.74 Å². The lowest BCUT2D eigenvalue weighted by molar-refractivity contribution is -0.126. The lowest BCUT2D eigenvalue weighted by atomic mass is 9.90. The first-order chi connectivity index (χ1) is 15.6. The number of carbonyl (C=O) groups excluding carboxylic acids is 2. The van der Waals surface area contributed by atoms with E-state index >= 15 is 0 Å². The van der Waals surface area contributed by atoms with Gasteiger partial charge in [0.1, 0.15) is 11.7 Å². The number of amides is 2. The minimum Gasteiger partial charge on any atom is -0.497 e. The van der Waals surface area contributed by atoms with E-state index in [1.54, 1.807) is 12.2 Å². The van der Waals surface area contributed by atoms with E-state index in [0.29, 0.717) is 11.4 Å². The van der Waals surface area contributed by atoms with Crippen LogP contribution in [0.2, 0.25) is 0 Å². The topological polar surface area (TPSA) is 59.1 Å². The van der Waals surface area contributed by atoms with E-state index in [-0.39, 0.29) is 11.8 Å². The fourth-order valence-corrected chi connectivity index (χ4v) is 4.51. The summed E-state index contributed by atoms with van der Waals surface area (Å²) in [7, 11) is 1.61. The summed E-state index contributed by atoms with van der Waals surface area (Å²) >= 11 is 0. The average molecular weight is 428 g/mol. The largest absolute Gasteiger partial charge is 0.497 e. The number of benzene rings is 3. The molecule has 0 radical (unpaired) electrons. The molecule has 0 aliphatic carbocycles. The van der Waals surface area contributed by atoms with Crippen LogP contribution in [0.1, 0.15) is 24.1 Å². The number of methoxy groups -OCH3 is 1. The van der Waals surface area contributed by atoms with Crippen molar-refractivity contribution >= 4 is 23.2 Å². The van der Waals surface area contributed by atoms with Gasteiger partial charge in [-0.05, 0) is 53.9 Å². The van der Waals surface area contributed by atoms with Gasteiger partial charge >= 0.3 is 0 Å². The zero-order chi connectivity index (χ0) is 22.2. The van der Waals surface area contributed by atoms with Gasteiger partial charge in [-0.15, -0.1) is 0 Å². The minimum atomic E-state index is -0.884. The Balaban J connectivity index is 1.57. The van der Waals surface area contributed by atoms with Gasteiger partial charge in [0.05, 0.1) is 24.5 Å².